The highest BCUT2D eigenvalue weighted by molar-refractivity contribution is 5.41. The maximum atomic E-state index is 10.0. The van der Waals surface area contributed by atoms with Gasteiger partial charge in [0.25, 0.3) is 0 Å². The minimum atomic E-state index is -0.236. The molecule has 1 aliphatic carbocycles. The predicted molar refractivity (Wildman–Crippen MR) is 83.3 cm³/mol. The van der Waals surface area contributed by atoms with Crippen LogP contribution in [0.1, 0.15) is 58.6 Å². The van der Waals surface area contributed by atoms with E-state index in [-0.39, 0.29) is 23.0 Å². The smallest absolute Gasteiger partial charge is 0.123 e. The lowest BCUT2D eigenvalue weighted by atomic mass is 9.63. The number of hydrogen-bond donors (Lipinski definition) is 1. The van der Waals surface area contributed by atoms with Crippen LogP contribution in [-0.4, -0.2) is 17.3 Å². The van der Waals surface area contributed by atoms with Crippen molar-refractivity contribution in [2.24, 2.45) is 5.41 Å². The van der Waals surface area contributed by atoms with Crippen molar-refractivity contribution in [3.63, 3.8) is 0 Å². The molecule has 1 fully saturated rings. The van der Waals surface area contributed by atoms with Crippen molar-refractivity contribution < 1.29 is 9.84 Å². The number of rotatable bonds is 3. The summed E-state index contributed by atoms with van der Waals surface area (Å²) in [4.78, 5) is 0. The lowest BCUT2D eigenvalue weighted by Gasteiger charge is -2.50. The largest absolute Gasteiger partial charge is 0.489 e. The average Bonchev–Trinajstić information content (AvgIpc) is 2.36. The number of aryl methyl sites for hydroxylation is 1. The molecule has 112 valence electrons. The van der Waals surface area contributed by atoms with Crippen molar-refractivity contribution >= 4 is 0 Å². The SMILES string of the molecule is CCC1(C)C(O)CC1Oc1cc(C)ccc1C(C)(C)C. The Balaban J connectivity index is 2.28. The van der Waals surface area contributed by atoms with Crippen molar-refractivity contribution in [3.05, 3.63) is 29.3 Å². The Hall–Kier alpha value is -1.02. The fourth-order valence-electron chi connectivity index (χ4n) is 2.94. The fourth-order valence-corrected chi connectivity index (χ4v) is 2.94. The minimum Gasteiger partial charge on any atom is -0.489 e. The Kier molecular flexibility index (Phi) is 3.90. The molecule has 1 aromatic carbocycles. The molecular weight excluding hydrogens is 248 g/mol. The van der Waals surface area contributed by atoms with Crippen LogP contribution >= 0.6 is 0 Å². The van der Waals surface area contributed by atoms with E-state index in [0.29, 0.717) is 0 Å². The molecule has 1 aromatic rings. The van der Waals surface area contributed by atoms with Gasteiger partial charge in [-0.05, 0) is 36.0 Å². The zero-order valence-corrected chi connectivity index (χ0v) is 13.7. The molecule has 3 atom stereocenters. The van der Waals surface area contributed by atoms with Crippen LogP contribution in [0.15, 0.2) is 18.2 Å². The van der Waals surface area contributed by atoms with E-state index in [4.69, 9.17) is 4.74 Å². The van der Waals surface area contributed by atoms with E-state index in [2.05, 4.69) is 59.7 Å². The van der Waals surface area contributed by atoms with Gasteiger partial charge in [-0.2, -0.15) is 0 Å². The zero-order chi connectivity index (χ0) is 15.1. The maximum absolute atomic E-state index is 10.0. The van der Waals surface area contributed by atoms with Crippen LogP contribution in [0.3, 0.4) is 0 Å². The molecule has 0 aromatic heterocycles. The molecule has 1 aliphatic rings. The lowest BCUT2D eigenvalue weighted by molar-refractivity contribution is -0.147. The maximum Gasteiger partial charge on any atom is 0.123 e. The van der Waals surface area contributed by atoms with Crippen LogP contribution in [0.25, 0.3) is 0 Å². The van der Waals surface area contributed by atoms with E-state index < -0.39 is 0 Å². The van der Waals surface area contributed by atoms with Gasteiger partial charge in [-0.1, -0.05) is 46.8 Å². The Morgan fingerprint density at radius 1 is 1.35 bits per heavy atom. The molecule has 1 N–H and O–H groups in total. The van der Waals surface area contributed by atoms with Crippen LogP contribution in [0, 0.1) is 12.3 Å². The molecule has 3 unspecified atom stereocenters. The van der Waals surface area contributed by atoms with Crippen LogP contribution < -0.4 is 4.74 Å². The third-order valence-electron chi connectivity index (χ3n) is 4.91. The fraction of sp³-hybridized carbons (Fsp3) is 0.667. The highest BCUT2D eigenvalue weighted by Gasteiger charge is 2.51. The molecule has 2 rings (SSSR count). The van der Waals surface area contributed by atoms with Gasteiger partial charge in [0.2, 0.25) is 0 Å². The second-order valence-electron chi connectivity index (χ2n) is 7.47. The van der Waals surface area contributed by atoms with Crippen molar-refractivity contribution in [1.29, 1.82) is 0 Å². The van der Waals surface area contributed by atoms with Gasteiger partial charge in [0, 0.05) is 11.8 Å². The quantitative estimate of drug-likeness (QED) is 0.895. The van der Waals surface area contributed by atoms with Gasteiger partial charge in [-0.3, -0.25) is 0 Å². The van der Waals surface area contributed by atoms with E-state index in [1.807, 2.05) is 0 Å². The van der Waals surface area contributed by atoms with Gasteiger partial charge < -0.3 is 9.84 Å². The summed E-state index contributed by atoms with van der Waals surface area (Å²) >= 11 is 0. The van der Waals surface area contributed by atoms with Gasteiger partial charge >= 0.3 is 0 Å². The molecule has 0 saturated heterocycles. The standard InChI is InChI=1S/C18H28O2/c1-7-18(6)15(19)11-16(18)20-14-10-12(2)8-9-13(14)17(3,4)5/h8-10,15-16,19H,7,11H2,1-6H3. The highest BCUT2D eigenvalue weighted by Crippen LogP contribution is 2.47. The number of aliphatic hydroxyl groups is 1. The lowest BCUT2D eigenvalue weighted by Crippen LogP contribution is -2.57. The van der Waals surface area contributed by atoms with Crippen LogP contribution in [0.5, 0.6) is 5.75 Å². The third-order valence-corrected chi connectivity index (χ3v) is 4.91. The normalized spacial score (nSPS) is 29.9. The summed E-state index contributed by atoms with van der Waals surface area (Å²) in [6, 6.07) is 6.44. The Morgan fingerprint density at radius 2 is 2.00 bits per heavy atom. The number of aliphatic hydroxyl groups excluding tert-OH is 1. The summed E-state index contributed by atoms with van der Waals surface area (Å²) in [5, 5.41) is 10.0. The topological polar surface area (TPSA) is 29.5 Å². The molecule has 20 heavy (non-hydrogen) atoms. The number of ether oxygens (including phenoxy) is 1. The summed E-state index contributed by atoms with van der Waals surface area (Å²) in [5.74, 6) is 0.981. The number of benzene rings is 1. The van der Waals surface area contributed by atoms with Crippen LogP contribution in [0.2, 0.25) is 0 Å². The van der Waals surface area contributed by atoms with Gasteiger partial charge in [-0.15, -0.1) is 0 Å². The first kappa shape index (κ1) is 15.4. The molecule has 0 radical (unpaired) electrons. The van der Waals surface area contributed by atoms with E-state index in [9.17, 15) is 5.11 Å². The van der Waals surface area contributed by atoms with Crippen LogP contribution in [-0.2, 0) is 5.41 Å². The Labute approximate surface area is 123 Å². The molecular formula is C18H28O2. The van der Waals surface area contributed by atoms with E-state index in [1.54, 1.807) is 0 Å². The van der Waals surface area contributed by atoms with E-state index >= 15 is 0 Å². The molecule has 0 bridgehead atoms. The van der Waals surface area contributed by atoms with Crippen molar-refractivity contribution in [3.8, 4) is 5.75 Å². The summed E-state index contributed by atoms with van der Waals surface area (Å²) in [5.41, 5.74) is 2.40. The molecule has 0 amide bonds. The highest BCUT2D eigenvalue weighted by atomic mass is 16.5. The van der Waals surface area contributed by atoms with Gasteiger partial charge in [-0.25, -0.2) is 0 Å². The molecule has 2 nitrogen and oxygen atoms in total. The molecule has 2 heteroatoms. The van der Waals surface area contributed by atoms with Gasteiger partial charge in [0.05, 0.1) is 6.10 Å². The van der Waals surface area contributed by atoms with Crippen molar-refractivity contribution in [2.75, 3.05) is 0 Å². The van der Waals surface area contributed by atoms with Crippen molar-refractivity contribution in [1.82, 2.24) is 0 Å². The first-order chi connectivity index (χ1) is 9.18. The summed E-state index contributed by atoms with van der Waals surface area (Å²) in [6.07, 6.45) is 1.56. The molecule has 0 heterocycles. The summed E-state index contributed by atoms with van der Waals surface area (Å²) < 4.78 is 6.31. The second-order valence-corrected chi connectivity index (χ2v) is 7.47. The minimum absolute atomic E-state index is 0.0635. The second kappa shape index (κ2) is 5.07. The average molecular weight is 276 g/mol. The molecule has 0 aliphatic heterocycles. The third kappa shape index (κ3) is 2.58. The van der Waals surface area contributed by atoms with E-state index in [0.717, 1.165) is 18.6 Å². The van der Waals surface area contributed by atoms with Gasteiger partial charge in [0.15, 0.2) is 0 Å². The molecule has 0 spiro atoms. The molecule has 1 saturated carbocycles. The number of hydrogen-bond acceptors (Lipinski definition) is 2. The Bertz CT molecular complexity index is 487. The van der Waals surface area contributed by atoms with Crippen molar-refractivity contribution in [2.45, 2.75) is 72.0 Å². The summed E-state index contributed by atoms with van der Waals surface area (Å²) in [7, 11) is 0. The summed E-state index contributed by atoms with van der Waals surface area (Å²) in [6.45, 7) is 13.0. The zero-order valence-electron chi connectivity index (χ0n) is 13.7. The van der Waals surface area contributed by atoms with Crippen LogP contribution in [0.4, 0.5) is 0 Å². The van der Waals surface area contributed by atoms with Gasteiger partial charge in [0.1, 0.15) is 11.9 Å². The Morgan fingerprint density at radius 3 is 2.50 bits per heavy atom. The van der Waals surface area contributed by atoms with E-state index in [1.165, 1.54) is 11.1 Å². The first-order valence-corrected chi connectivity index (χ1v) is 7.64. The predicted octanol–water partition coefficient (Wildman–Crippen LogP) is 4.22. The monoisotopic (exact) mass is 276 g/mol. The first-order valence-electron chi connectivity index (χ1n) is 7.64.